The maximum atomic E-state index is 12.5. The SMILES string of the molecule is F[B-](F)(F)c1cncc(OC2CCCOC2)c1.[K+]. The smallest absolute Gasteiger partial charge is 0.487 e. The van der Waals surface area contributed by atoms with Crippen molar-refractivity contribution in [1.82, 2.24) is 4.98 Å². The van der Waals surface area contributed by atoms with Crippen LogP contribution in [0.2, 0.25) is 0 Å². The quantitative estimate of drug-likeness (QED) is 0.647. The van der Waals surface area contributed by atoms with Crippen molar-refractivity contribution < 1.29 is 73.8 Å². The van der Waals surface area contributed by atoms with Gasteiger partial charge >= 0.3 is 58.4 Å². The minimum atomic E-state index is -5.03. The maximum absolute atomic E-state index is 12.5. The van der Waals surface area contributed by atoms with E-state index in [1.54, 1.807) is 0 Å². The molecule has 1 aliphatic heterocycles. The molecule has 0 radical (unpaired) electrons. The molecule has 0 aliphatic carbocycles. The van der Waals surface area contributed by atoms with Crippen molar-refractivity contribution in [3.05, 3.63) is 18.5 Å². The average molecular weight is 285 g/mol. The molecule has 94 valence electrons. The van der Waals surface area contributed by atoms with E-state index in [0.717, 1.165) is 25.1 Å². The van der Waals surface area contributed by atoms with Gasteiger partial charge in [0.1, 0.15) is 11.9 Å². The van der Waals surface area contributed by atoms with E-state index in [1.165, 1.54) is 6.20 Å². The van der Waals surface area contributed by atoms with Crippen LogP contribution in [0, 0.1) is 0 Å². The summed E-state index contributed by atoms with van der Waals surface area (Å²) < 4.78 is 48.1. The molecular formula is C10H12BF3KNO2. The molecule has 2 heterocycles. The van der Waals surface area contributed by atoms with Gasteiger partial charge in [-0.1, -0.05) is 5.46 Å². The van der Waals surface area contributed by atoms with Crippen LogP contribution in [0.25, 0.3) is 0 Å². The Bertz CT molecular complexity index is 386. The summed E-state index contributed by atoms with van der Waals surface area (Å²) in [4.78, 5) is 3.55. The molecule has 0 amide bonds. The van der Waals surface area contributed by atoms with Crippen LogP contribution < -0.4 is 61.6 Å². The predicted octanol–water partition coefficient (Wildman–Crippen LogP) is -1.30. The van der Waals surface area contributed by atoms with Crippen LogP contribution in [-0.4, -0.2) is 31.3 Å². The monoisotopic (exact) mass is 285 g/mol. The molecule has 1 aromatic heterocycles. The van der Waals surface area contributed by atoms with Crippen molar-refractivity contribution in [2.45, 2.75) is 18.9 Å². The number of pyridine rings is 1. The van der Waals surface area contributed by atoms with Gasteiger partial charge in [0.05, 0.1) is 12.8 Å². The van der Waals surface area contributed by atoms with Gasteiger partial charge in [-0.15, -0.1) is 0 Å². The zero-order valence-corrected chi connectivity index (χ0v) is 13.2. The molecule has 0 spiro atoms. The number of rotatable bonds is 3. The third-order valence-electron chi connectivity index (χ3n) is 2.53. The summed E-state index contributed by atoms with van der Waals surface area (Å²) in [6.07, 6.45) is 3.58. The minimum Gasteiger partial charge on any atom is -0.487 e. The van der Waals surface area contributed by atoms with E-state index >= 15 is 0 Å². The number of ether oxygens (including phenoxy) is 2. The third-order valence-corrected chi connectivity index (χ3v) is 2.53. The van der Waals surface area contributed by atoms with Gasteiger partial charge in [0.25, 0.3) is 0 Å². The summed E-state index contributed by atoms with van der Waals surface area (Å²) in [5, 5.41) is 0. The fourth-order valence-corrected chi connectivity index (χ4v) is 1.68. The second kappa shape index (κ2) is 7.25. The van der Waals surface area contributed by atoms with Crippen molar-refractivity contribution in [2.75, 3.05) is 13.2 Å². The van der Waals surface area contributed by atoms with Gasteiger partial charge in [-0.05, 0) is 18.9 Å². The Hall–Kier alpha value is 0.401. The van der Waals surface area contributed by atoms with Gasteiger partial charge in [0.15, 0.2) is 0 Å². The number of halogens is 3. The molecule has 1 aromatic rings. The maximum Gasteiger partial charge on any atom is 1.00 e. The number of hydrogen-bond acceptors (Lipinski definition) is 3. The van der Waals surface area contributed by atoms with Crippen molar-refractivity contribution >= 4 is 12.4 Å². The summed E-state index contributed by atoms with van der Waals surface area (Å²) in [7, 11) is 0. The van der Waals surface area contributed by atoms with Crippen molar-refractivity contribution in [2.24, 2.45) is 0 Å². The largest absolute Gasteiger partial charge is 1.00 e. The van der Waals surface area contributed by atoms with Crippen LogP contribution in [0.4, 0.5) is 12.9 Å². The van der Waals surface area contributed by atoms with Crippen LogP contribution >= 0.6 is 0 Å². The van der Waals surface area contributed by atoms with Crippen LogP contribution in [0.1, 0.15) is 12.8 Å². The van der Waals surface area contributed by atoms with Gasteiger partial charge in [-0.25, -0.2) is 0 Å². The minimum absolute atomic E-state index is 0. The zero-order valence-electron chi connectivity index (χ0n) is 10.1. The Kier molecular flexibility index (Phi) is 6.63. The second-order valence-corrected chi connectivity index (χ2v) is 3.99. The van der Waals surface area contributed by atoms with Crippen molar-refractivity contribution in [3.8, 4) is 5.75 Å². The van der Waals surface area contributed by atoms with Crippen molar-refractivity contribution in [3.63, 3.8) is 0 Å². The molecule has 0 saturated carbocycles. The zero-order chi connectivity index (χ0) is 12.3. The van der Waals surface area contributed by atoms with E-state index in [9.17, 15) is 12.9 Å². The molecule has 3 nitrogen and oxygen atoms in total. The first kappa shape index (κ1) is 16.5. The normalized spacial score (nSPS) is 20.1. The van der Waals surface area contributed by atoms with E-state index in [1.807, 2.05) is 0 Å². The topological polar surface area (TPSA) is 31.4 Å². The predicted molar refractivity (Wildman–Crippen MR) is 57.4 cm³/mol. The van der Waals surface area contributed by atoms with Gasteiger partial charge in [-0.3, -0.25) is 4.98 Å². The molecule has 8 heteroatoms. The van der Waals surface area contributed by atoms with Gasteiger partial charge in [-0.2, -0.15) is 0 Å². The number of aromatic nitrogens is 1. The summed E-state index contributed by atoms with van der Waals surface area (Å²) >= 11 is 0. The Balaban J connectivity index is 0.00000162. The van der Waals surface area contributed by atoms with E-state index in [2.05, 4.69) is 4.98 Å². The molecule has 0 aromatic carbocycles. The molecule has 2 rings (SSSR count). The van der Waals surface area contributed by atoms with Gasteiger partial charge < -0.3 is 22.4 Å². The first-order valence-electron chi connectivity index (χ1n) is 5.45. The van der Waals surface area contributed by atoms with E-state index < -0.39 is 12.4 Å². The Morgan fingerprint density at radius 3 is 2.72 bits per heavy atom. The second-order valence-electron chi connectivity index (χ2n) is 3.99. The first-order valence-corrected chi connectivity index (χ1v) is 5.45. The fourth-order valence-electron chi connectivity index (χ4n) is 1.68. The van der Waals surface area contributed by atoms with Crippen LogP contribution in [0.15, 0.2) is 18.5 Å². The van der Waals surface area contributed by atoms with Crippen LogP contribution in [-0.2, 0) is 4.74 Å². The summed E-state index contributed by atoms with van der Waals surface area (Å²) in [5.41, 5.74) is -0.737. The third kappa shape index (κ3) is 4.82. The van der Waals surface area contributed by atoms with Crippen LogP contribution in [0.3, 0.4) is 0 Å². The molecule has 1 saturated heterocycles. The molecule has 1 unspecified atom stereocenters. The fraction of sp³-hybridized carbons (Fsp3) is 0.500. The molecule has 0 bridgehead atoms. The molecular weight excluding hydrogens is 273 g/mol. The molecule has 18 heavy (non-hydrogen) atoms. The summed E-state index contributed by atoms with van der Waals surface area (Å²) in [6, 6.07) is 0.988. The van der Waals surface area contributed by atoms with Crippen molar-refractivity contribution in [1.29, 1.82) is 0 Å². The standard InChI is InChI=1S/C10H12BF3NO2.K/c12-11(13,14)8-4-10(6-15-5-8)17-9-2-1-3-16-7-9;/h4-6,9H,1-3,7H2;/q-1;+1. The number of nitrogens with zero attached hydrogens (tertiary/aromatic N) is 1. The molecule has 1 atom stereocenters. The molecule has 0 N–H and O–H groups in total. The first-order chi connectivity index (χ1) is 8.05. The van der Waals surface area contributed by atoms with Gasteiger partial charge in [0, 0.05) is 12.8 Å². The average Bonchev–Trinajstić information content (AvgIpc) is 2.29. The van der Waals surface area contributed by atoms with E-state index in [0.29, 0.717) is 13.2 Å². The Morgan fingerprint density at radius 1 is 1.33 bits per heavy atom. The van der Waals surface area contributed by atoms with E-state index in [-0.39, 0.29) is 63.2 Å². The van der Waals surface area contributed by atoms with E-state index in [4.69, 9.17) is 9.47 Å². The Morgan fingerprint density at radius 2 is 2.11 bits per heavy atom. The Labute approximate surface area is 146 Å². The van der Waals surface area contributed by atoms with Gasteiger partial charge in [0.2, 0.25) is 0 Å². The summed E-state index contributed by atoms with van der Waals surface area (Å²) in [5.74, 6) is 0.150. The molecule has 1 aliphatic rings. The molecule has 1 fully saturated rings. The number of hydrogen-bond donors (Lipinski definition) is 0. The van der Waals surface area contributed by atoms with Crippen LogP contribution in [0.5, 0.6) is 5.75 Å². The summed E-state index contributed by atoms with van der Waals surface area (Å²) in [6.45, 7) is -3.93.